The average Bonchev–Trinajstić information content (AvgIpc) is 2.77. The van der Waals surface area contributed by atoms with Gasteiger partial charge in [0.15, 0.2) is 0 Å². The molecule has 94 valence electrons. The van der Waals surface area contributed by atoms with Gasteiger partial charge in [0.1, 0.15) is 0 Å². The van der Waals surface area contributed by atoms with Crippen LogP contribution in [-0.2, 0) is 0 Å². The van der Waals surface area contributed by atoms with E-state index >= 15 is 0 Å². The number of halogens is 1. The zero-order valence-corrected chi connectivity index (χ0v) is 11.0. The van der Waals surface area contributed by atoms with Crippen LogP contribution >= 0.6 is 11.6 Å². The topological polar surface area (TPSA) is 38.2 Å². The van der Waals surface area contributed by atoms with Crippen molar-refractivity contribution < 1.29 is 4.74 Å². The van der Waals surface area contributed by atoms with Crippen molar-refractivity contribution in [2.75, 3.05) is 23.9 Å². The van der Waals surface area contributed by atoms with Crippen LogP contribution in [0.2, 0.25) is 0 Å². The second kappa shape index (κ2) is 5.54. The highest BCUT2D eigenvalue weighted by molar-refractivity contribution is 6.18. The van der Waals surface area contributed by atoms with Crippen LogP contribution in [0.15, 0.2) is 12.3 Å². The fourth-order valence-electron chi connectivity index (χ4n) is 1.93. The van der Waals surface area contributed by atoms with Gasteiger partial charge in [-0.05, 0) is 26.2 Å². The third-order valence-corrected chi connectivity index (χ3v) is 3.20. The van der Waals surface area contributed by atoms with E-state index in [0.717, 1.165) is 25.5 Å². The van der Waals surface area contributed by atoms with Gasteiger partial charge in [-0.25, -0.2) is 4.98 Å². The first-order chi connectivity index (χ1) is 8.19. The summed E-state index contributed by atoms with van der Waals surface area (Å²) in [6.07, 6.45) is 2.99. The minimum absolute atomic E-state index is 0.131. The van der Waals surface area contributed by atoms with Crippen molar-refractivity contribution in [3.05, 3.63) is 12.3 Å². The summed E-state index contributed by atoms with van der Waals surface area (Å²) < 4.78 is 5.56. The Morgan fingerprint density at radius 3 is 3.06 bits per heavy atom. The van der Waals surface area contributed by atoms with Gasteiger partial charge in [0.25, 0.3) is 0 Å². The Kier molecular flexibility index (Phi) is 4.05. The summed E-state index contributed by atoms with van der Waals surface area (Å²) in [5.74, 6) is 2.64. The average molecular weight is 256 g/mol. The molecular weight excluding hydrogens is 238 g/mol. The molecule has 0 amide bonds. The van der Waals surface area contributed by atoms with E-state index in [-0.39, 0.29) is 6.10 Å². The smallest absolute Gasteiger partial charge is 0.228 e. The van der Waals surface area contributed by atoms with Crippen LogP contribution in [0.5, 0.6) is 5.88 Å². The molecule has 0 bridgehead atoms. The molecule has 4 nitrogen and oxygen atoms in total. The lowest BCUT2D eigenvalue weighted by Crippen LogP contribution is -2.22. The molecule has 17 heavy (non-hydrogen) atoms. The van der Waals surface area contributed by atoms with Crippen molar-refractivity contribution in [1.29, 1.82) is 0 Å². The molecule has 0 aliphatic carbocycles. The molecule has 2 heterocycles. The quantitative estimate of drug-likeness (QED) is 0.774. The van der Waals surface area contributed by atoms with Gasteiger partial charge in [0.2, 0.25) is 11.8 Å². The second-order valence-corrected chi connectivity index (χ2v) is 4.93. The number of ether oxygens (including phenoxy) is 1. The number of aromatic nitrogens is 2. The van der Waals surface area contributed by atoms with Gasteiger partial charge in [0, 0.05) is 31.2 Å². The Balaban J connectivity index is 2.06. The van der Waals surface area contributed by atoms with Crippen LogP contribution < -0.4 is 9.64 Å². The third kappa shape index (κ3) is 3.22. The van der Waals surface area contributed by atoms with Crippen molar-refractivity contribution in [3.8, 4) is 5.88 Å². The Hall–Kier alpha value is -1.03. The third-order valence-electron chi connectivity index (χ3n) is 2.76. The van der Waals surface area contributed by atoms with Gasteiger partial charge in [-0.15, -0.1) is 11.6 Å². The van der Waals surface area contributed by atoms with E-state index < -0.39 is 0 Å². The molecule has 0 saturated carbocycles. The molecule has 0 spiro atoms. The maximum atomic E-state index is 5.87. The van der Waals surface area contributed by atoms with Gasteiger partial charge in [0.05, 0.1) is 6.10 Å². The van der Waals surface area contributed by atoms with Crippen LogP contribution in [0.1, 0.15) is 20.3 Å². The van der Waals surface area contributed by atoms with E-state index in [0.29, 0.717) is 17.7 Å². The number of nitrogens with zero attached hydrogens (tertiary/aromatic N) is 3. The van der Waals surface area contributed by atoms with Crippen molar-refractivity contribution in [2.24, 2.45) is 5.92 Å². The van der Waals surface area contributed by atoms with Crippen LogP contribution in [0.25, 0.3) is 0 Å². The number of anilines is 1. The van der Waals surface area contributed by atoms with Crippen molar-refractivity contribution in [3.63, 3.8) is 0 Å². The van der Waals surface area contributed by atoms with E-state index in [2.05, 4.69) is 14.9 Å². The number of rotatable bonds is 4. The molecule has 2 rings (SSSR count). The van der Waals surface area contributed by atoms with Crippen molar-refractivity contribution in [1.82, 2.24) is 9.97 Å². The molecule has 1 aromatic rings. The first-order valence-electron chi connectivity index (χ1n) is 5.99. The van der Waals surface area contributed by atoms with E-state index in [4.69, 9.17) is 16.3 Å². The highest BCUT2D eigenvalue weighted by Gasteiger charge is 2.23. The Morgan fingerprint density at radius 2 is 2.41 bits per heavy atom. The molecular formula is C12H18ClN3O. The zero-order chi connectivity index (χ0) is 12.3. The molecule has 0 N–H and O–H groups in total. The monoisotopic (exact) mass is 255 g/mol. The molecule has 0 radical (unpaired) electrons. The SMILES string of the molecule is CC(C)Oc1ccnc(N2CCC(CCl)C2)n1. The molecule has 1 fully saturated rings. The maximum Gasteiger partial charge on any atom is 0.228 e. The van der Waals surface area contributed by atoms with Gasteiger partial charge in [-0.1, -0.05) is 0 Å². The lowest BCUT2D eigenvalue weighted by molar-refractivity contribution is 0.232. The van der Waals surface area contributed by atoms with E-state index in [1.165, 1.54) is 0 Å². The predicted molar refractivity (Wildman–Crippen MR) is 68.8 cm³/mol. The normalized spacial score (nSPS) is 20.0. The lowest BCUT2D eigenvalue weighted by atomic mass is 10.2. The van der Waals surface area contributed by atoms with Crippen LogP contribution in [0.3, 0.4) is 0 Å². The minimum Gasteiger partial charge on any atom is -0.475 e. The van der Waals surface area contributed by atoms with Crippen LogP contribution in [0, 0.1) is 5.92 Å². The Labute approximate surface area is 107 Å². The molecule has 1 aliphatic heterocycles. The Morgan fingerprint density at radius 1 is 1.59 bits per heavy atom. The Bertz CT molecular complexity index is 373. The standard InChI is InChI=1S/C12H18ClN3O/c1-9(2)17-11-3-5-14-12(15-11)16-6-4-10(7-13)8-16/h3,5,9-10H,4,6-8H2,1-2H3. The number of hydrogen-bond donors (Lipinski definition) is 0. The maximum absolute atomic E-state index is 5.87. The summed E-state index contributed by atoms with van der Waals surface area (Å²) in [4.78, 5) is 10.9. The van der Waals surface area contributed by atoms with Crippen LogP contribution in [0.4, 0.5) is 5.95 Å². The molecule has 0 aromatic carbocycles. The summed E-state index contributed by atoms with van der Waals surface area (Å²) in [6.45, 7) is 5.89. The minimum atomic E-state index is 0.131. The lowest BCUT2D eigenvalue weighted by Gasteiger charge is -2.17. The first kappa shape index (κ1) is 12.4. The van der Waals surface area contributed by atoms with Crippen molar-refractivity contribution in [2.45, 2.75) is 26.4 Å². The summed E-state index contributed by atoms with van der Waals surface area (Å²) in [5, 5.41) is 0. The highest BCUT2D eigenvalue weighted by atomic mass is 35.5. The van der Waals surface area contributed by atoms with E-state index in [1.807, 2.05) is 13.8 Å². The van der Waals surface area contributed by atoms with E-state index in [9.17, 15) is 0 Å². The highest BCUT2D eigenvalue weighted by Crippen LogP contribution is 2.22. The largest absolute Gasteiger partial charge is 0.475 e. The van der Waals surface area contributed by atoms with Gasteiger partial charge < -0.3 is 9.64 Å². The fourth-order valence-corrected chi connectivity index (χ4v) is 2.18. The molecule has 1 saturated heterocycles. The van der Waals surface area contributed by atoms with Gasteiger partial charge in [-0.2, -0.15) is 4.98 Å². The summed E-state index contributed by atoms with van der Waals surface area (Å²) in [5.41, 5.74) is 0. The number of hydrogen-bond acceptors (Lipinski definition) is 4. The molecule has 1 aliphatic rings. The van der Waals surface area contributed by atoms with Gasteiger partial charge >= 0.3 is 0 Å². The summed E-state index contributed by atoms with van der Waals surface area (Å²) in [7, 11) is 0. The van der Waals surface area contributed by atoms with E-state index in [1.54, 1.807) is 12.3 Å². The molecule has 1 aromatic heterocycles. The predicted octanol–water partition coefficient (Wildman–Crippen LogP) is 2.33. The van der Waals surface area contributed by atoms with Crippen molar-refractivity contribution >= 4 is 17.5 Å². The van der Waals surface area contributed by atoms with Crippen LogP contribution in [-0.4, -0.2) is 35.0 Å². The summed E-state index contributed by atoms with van der Waals surface area (Å²) >= 11 is 5.87. The number of alkyl halides is 1. The van der Waals surface area contributed by atoms with Gasteiger partial charge in [-0.3, -0.25) is 0 Å². The molecule has 5 heteroatoms. The first-order valence-corrected chi connectivity index (χ1v) is 6.53. The second-order valence-electron chi connectivity index (χ2n) is 4.62. The summed E-state index contributed by atoms with van der Waals surface area (Å²) in [6, 6.07) is 1.79. The molecule has 1 atom stereocenters. The zero-order valence-electron chi connectivity index (χ0n) is 10.3. The fraction of sp³-hybridized carbons (Fsp3) is 0.667. The molecule has 1 unspecified atom stereocenters.